The maximum absolute atomic E-state index is 6.72. The normalized spacial score (nSPS) is 14.6. The second kappa shape index (κ2) is 11.3. The van der Waals surface area contributed by atoms with E-state index in [0.717, 1.165) is 33.6 Å². The summed E-state index contributed by atoms with van der Waals surface area (Å²) in [6, 6.07) is 62.9. The van der Waals surface area contributed by atoms with Gasteiger partial charge in [-0.2, -0.15) is 0 Å². The molecule has 2 aromatic heterocycles. The Morgan fingerprint density at radius 3 is 1.77 bits per heavy atom. The van der Waals surface area contributed by atoms with Crippen molar-refractivity contribution in [1.82, 2.24) is 0 Å². The minimum Gasteiger partial charge on any atom is -0.456 e. The van der Waals surface area contributed by atoms with Gasteiger partial charge in [0.2, 0.25) is 0 Å². The molecule has 0 saturated heterocycles. The van der Waals surface area contributed by atoms with E-state index in [0.29, 0.717) is 0 Å². The van der Waals surface area contributed by atoms with Gasteiger partial charge in [0.05, 0.1) is 0 Å². The van der Waals surface area contributed by atoms with Crippen molar-refractivity contribution in [3.63, 3.8) is 0 Å². The zero-order valence-electron chi connectivity index (χ0n) is 31.4. The molecular formula is C53H37NOS. The average molecular weight is 736 g/mol. The SMILES string of the molecule is CC1(C)c2ccccc2-c2ccc(N(c3ccc4c(c3)sc3ccccc34)c3ccc4oc5cccc(C6(C)c7ccccc7-c7ccccc76)c5c4c3)cc21. The number of hydrogen-bond donors (Lipinski definition) is 0. The first-order valence-electron chi connectivity index (χ1n) is 19.5. The minimum atomic E-state index is -0.355. The van der Waals surface area contributed by atoms with Gasteiger partial charge in [-0.15, -0.1) is 11.3 Å². The molecule has 8 aromatic carbocycles. The summed E-state index contributed by atoms with van der Waals surface area (Å²) in [6.07, 6.45) is 0. The van der Waals surface area contributed by atoms with E-state index >= 15 is 0 Å². The van der Waals surface area contributed by atoms with E-state index in [2.05, 4.69) is 196 Å². The second-order valence-electron chi connectivity index (χ2n) is 16.2. The summed E-state index contributed by atoms with van der Waals surface area (Å²) in [7, 11) is 0. The van der Waals surface area contributed by atoms with Crippen molar-refractivity contribution in [3.05, 3.63) is 198 Å². The summed E-state index contributed by atoms with van der Waals surface area (Å²) in [6.45, 7) is 7.12. The van der Waals surface area contributed by atoms with Gasteiger partial charge in [0, 0.05) is 58.8 Å². The van der Waals surface area contributed by atoms with Gasteiger partial charge in [0.15, 0.2) is 0 Å². The highest BCUT2D eigenvalue weighted by Gasteiger charge is 2.42. The van der Waals surface area contributed by atoms with Gasteiger partial charge in [-0.3, -0.25) is 0 Å². The predicted molar refractivity (Wildman–Crippen MR) is 236 cm³/mol. The molecule has 0 bridgehead atoms. The molecule has 12 rings (SSSR count). The van der Waals surface area contributed by atoms with Crippen LogP contribution in [0.4, 0.5) is 17.1 Å². The monoisotopic (exact) mass is 735 g/mol. The Morgan fingerprint density at radius 2 is 0.982 bits per heavy atom. The maximum atomic E-state index is 6.72. The van der Waals surface area contributed by atoms with Crippen LogP contribution in [0.15, 0.2) is 174 Å². The van der Waals surface area contributed by atoms with Crippen molar-refractivity contribution < 1.29 is 4.42 Å². The molecule has 0 fully saturated rings. The predicted octanol–water partition coefficient (Wildman–Crippen LogP) is 15.1. The molecule has 0 saturated carbocycles. The lowest BCUT2D eigenvalue weighted by atomic mass is 9.73. The number of hydrogen-bond acceptors (Lipinski definition) is 3. The van der Waals surface area contributed by atoms with Gasteiger partial charge in [-0.05, 0) is 112 Å². The topological polar surface area (TPSA) is 16.4 Å². The van der Waals surface area contributed by atoms with Crippen LogP contribution in [-0.2, 0) is 10.8 Å². The Balaban J connectivity index is 1.10. The second-order valence-corrected chi connectivity index (χ2v) is 17.3. The van der Waals surface area contributed by atoms with Crippen LogP contribution in [0, 0.1) is 0 Å². The molecule has 3 heteroatoms. The lowest BCUT2D eigenvalue weighted by Crippen LogP contribution is -2.22. The quantitative estimate of drug-likeness (QED) is 0.179. The van der Waals surface area contributed by atoms with Crippen LogP contribution >= 0.6 is 11.3 Å². The third-order valence-electron chi connectivity index (χ3n) is 12.9. The Morgan fingerprint density at radius 1 is 0.411 bits per heavy atom. The lowest BCUT2D eigenvalue weighted by Gasteiger charge is -2.29. The number of benzene rings is 8. The van der Waals surface area contributed by atoms with Crippen LogP contribution in [0.25, 0.3) is 64.4 Å². The zero-order chi connectivity index (χ0) is 37.3. The number of thiophene rings is 1. The van der Waals surface area contributed by atoms with Gasteiger partial charge >= 0.3 is 0 Å². The van der Waals surface area contributed by atoms with E-state index in [9.17, 15) is 0 Å². The number of fused-ring (bicyclic) bond motifs is 12. The van der Waals surface area contributed by atoms with Crippen molar-refractivity contribution in [2.24, 2.45) is 0 Å². The van der Waals surface area contributed by atoms with E-state index in [1.807, 2.05) is 11.3 Å². The Kier molecular flexibility index (Phi) is 6.44. The average Bonchev–Trinajstić information content (AvgIpc) is 3.94. The molecule has 0 amide bonds. The molecule has 0 spiro atoms. The number of nitrogens with zero attached hydrogens (tertiary/aromatic N) is 1. The molecule has 2 heterocycles. The summed E-state index contributed by atoms with van der Waals surface area (Å²) in [5.74, 6) is 0. The molecule has 2 nitrogen and oxygen atoms in total. The van der Waals surface area contributed by atoms with Gasteiger partial charge in [0.25, 0.3) is 0 Å². The van der Waals surface area contributed by atoms with E-state index in [-0.39, 0.29) is 10.8 Å². The van der Waals surface area contributed by atoms with Crippen LogP contribution in [0.1, 0.15) is 48.6 Å². The van der Waals surface area contributed by atoms with E-state index < -0.39 is 0 Å². The highest BCUT2D eigenvalue weighted by atomic mass is 32.1. The lowest BCUT2D eigenvalue weighted by molar-refractivity contribution is 0.660. The van der Waals surface area contributed by atoms with Crippen molar-refractivity contribution in [2.45, 2.75) is 31.6 Å². The molecule has 0 unspecified atom stereocenters. The Hall–Kier alpha value is -6.42. The van der Waals surface area contributed by atoms with Gasteiger partial charge in [-0.1, -0.05) is 129 Å². The molecule has 0 aliphatic heterocycles. The molecular weight excluding hydrogens is 699 g/mol. The molecule has 2 aliphatic carbocycles. The van der Waals surface area contributed by atoms with Crippen LogP contribution in [0.5, 0.6) is 0 Å². The molecule has 2 aliphatic rings. The number of furan rings is 1. The zero-order valence-corrected chi connectivity index (χ0v) is 32.2. The fraction of sp³-hybridized carbons (Fsp3) is 0.0943. The highest BCUT2D eigenvalue weighted by Crippen LogP contribution is 2.55. The third kappa shape index (κ3) is 4.21. The summed E-state index contributed by atoms with van der Waals surface area (Å²) in [4.78, 5) is 2.45. The van der Waals surface area contributed by atoms with Crippen molar-refractivity contribution in [3.8, 4) is 22.3 Å². The first-order valence-corrected chi connectivity index (χ1v) is 20.3. The summed E-state index contributed by atoms with van der Waals surface area (Å²) in [5.41, 5.74) is 16.6. The standard InChI is InChI=1S/C53H37NOS/c1-52(2)42-17-8-4-13-35(42)38-26-23-33(30-46(38)52)54(34-24-27-40-39-16-7-11-22-49(39)56-50(40)31-34)32-25-28-47-41(29-32)51-45(20-12-21-48(51)55-47)53(3)43-18-9-5-14-36(43)37-15-6-10-19-44(37)53/h4-31H,1-3H3. The molecule has 0 N–H and O–H groups in total. The van der Waals surface area contributed by atoms with Crippen LogP contribution in [-0.4, -0.2) is 0 Å². The smallest absolute Gasteiger partial charge is 0.135 e. The highest BCUT2D eigenvalue weighted by molar-refractivity contribution is 7.25. The van der Waals surface area contributed by atoms with E-state index in [1.165, 1.54) is 75.6 Å². The first kappa shape index (κ1) is 31.9. The summed E-state index contributed by atoms with van der Waals surface area (Å²) in [5, 5.41) is 4.90. The summed E-state index contributed by atoms with van der Waals surface area (Å²) >= 11 is 1.86. The van der Waals surface area contributed by atoms with Gasteiger partial charge in [-0.25, -0.2) is 0 Å². The van der Waals surface area contributed by atoms with E-state index in [4.69, 9.17) is 4.42 Å². The molecule has 10 aromatic rings. The van der Waals surface area contributed by atoms with E-state index in [1.54, 1.807) is 0 Å². The summed E-state index contributed by atoms with van der Waals surface area (Å²) < 4.78 is 9.31. The molecule has 0 atom stereocenters. The number of rotatable bonds is 4. The van der Waals surface area contributed by atoms with Crippen molar-refractivity contribution in [2.75, 3.05) is 4.90 Å². The molecule has 266 valence electrons. The van der Waals surface area contributed by atoms with Crippen molar-refractivity contribution >= 4 is 70.5 Å². The van der Waals surface area contributed by atoms with Gasteiger partial charge in [0.1, 0.15) is 11.2 Å². The number of anilines is 3. The van der Waals surface area contributed by atoms with Crippen LogP contribution in [0.3, 0.4) is 0 Å². The van der Waals surface area contributed by atoms with Gasteiger partial charge < -0.3 is 9.32 Å². The van der Waals surface area contributed by atoms with Crippen LogP contribution in [0.2, 0.25) is 0 Å². The van der Waals surface area contributed by atoms with Crippen molar-refractivity contribution in [1.29, 1.82) is 0 Å². The Labute approximate surface area is 329 Å². The minimum absolute atomic E-state index is 0.119. The third-order valence-corrected chi connectivity index (χ3v) is 14.1. The fourth-order valence-electron chi connectivity index (χ4n) is 10.2. The fourth-order valence-corrected chi connectivity index (χ4v) is 11.4. The Bertz CT molecular complexity index is 3220. The molecule has 0 radical (unpaired) electrons. The maximum Gasteiger partial charge on any atom is 0.135 e. The first-order chi connectivity index (χ1) is 27.4. The molecule has 56 heavy (non-hydrogen) atoms. The largest absolute Gasteiger partial charge is 0.456 e. The van der Waals surface area contributed by atoms with Crippen LogP contribution < -0.4 is 4.90 Å².